The van der Waals surface area contributed by atoms with Crippen LogP contribution in [-0.2, 0) is 34.2 Å². The van der Waals surface area contributed by atoms with E-state index in [2.05, 4.69) is 89.1 Å². The van der Waals surface area contributed by atoms with Gasteiger partial charge < -0.3 is 4.55 Å². The fourth-order valence-electron chi connectivity index (χ4n) is 2.05. The molecule has 8 radical (unpaired) electrons. The van der Waals surface area contributed by atoms with Crippen LogP contribution in [0.4, 0.5) is 13.2 Å². The Bertz CT molecular complexity index is 463. The molecule has 0 N–H and O–H groups in total. The van der Waals surface area contributed by atoms with E-state index in [-0.39, 0.29) is 0 Å². The summed E-state index contributed by atoms with van der Waals surface area (Å²) < 4.78 is 58.9. The van der Waals surface area contributed by atoms with Gasteiger partial charge in [0.05, 0.1) is 0 Å². The van der Waals surface area contributed by atoms with Crippen molar-refractivity contribution >= 4 is 48.3 Å². The van der Waals surface area contributed by atoms with Gasteiger partial charge in [-0.05, 0) is 67.7 Å². The van der Waals surface area contributed by atoms with Gasteiger partial charge in [0.15, 0.2) is 10.1 Å². The van der Waals surface area contributed by atoms with Gasteiger partial charge in [-0.3, -0.25) is 0 Å². The minimum absolute atomic E-state index is 0.335. The minimum atomic E-state index is -6.09. The van der Waals surface area contributed by atoms with Gasteiger partial charge in [0.1, 0.15) is 17.3 Å². The molecule has 0 saturated heterocycles. The predicted octanol–water partition coefficient (Wildman–Crippen LogP) is 6.60. The number of halogens is 5. The van der Waals surface area contributed by atoms with Crippen molar-refractivity contribution in [3.05, 3.63) is 49.4 Å². The Morgan fingerprint density at radius 2 is 1.20 bits per heavy atom. The first-order valence-electron chi connectivity index (χ1n) is 8.72. The van der Waals surface area contributed by atoms with Crippen LogP contribution in [0.5, 0.6) is 0 Å². The Labute approximate surface area is 206 Å². The molecule has 178 valence electrons. The molecule has 1 aliphatic rings. The van der Waals surface area contributed by atoms with E-state index >= 15 is 0 Å². The van der Waals surface area contributed by atoms with E-state index < -0.39 is 15.6 Å². The Kier molecular flexibility index (Phi) is 22.9. The van der Waals surface area contributed by atoms with Crippen LogP contribution >= 0.6 is 27.2 Å². The van der Waals surface area contributed by atoms with Crippen LogP contribution in [-0.4, -0.2) is 35.7 Å². The molecule has 1 fully saturated rings. The third-order valence-electron chi connectivity index (χ3n) is 4.41. The summed E-state index contributed by atoms with van der Waals surface area (Å²) in [6.45, 7) is 19.2. The zero-order chi connectivity index (χ0) is 24.7. The van der Waals surface area contributed by atoms with Gasteiger partial charge >= 0.3 is 46.0 Å². The van der Waals surface area contributed by atoms with Crippen molar-refractivity contribution in [3.8, 4) is 0 Å². The Morgan fingerprint density at radius 3 is 1.33 bits per heavy atom. The molecule has 0 aromatic heterocycles. The molecule has 0 aromatic rings. The molecule has 0 aliphatic heterocycles. The Hall–Kier alpha value is 1.63. The summed E-state index contributed by atoms with van der Waals surface area (Å²) in [5.74, 6) is 11.2. The summed E-state index contributed by atoms with van der Waals surface area (Å²) in [5.41, 5.74) is -5.65. The van der Waals surface area contributed by atoms with E-state index in [1.54, 1.807) is 0 Å². The van der Waals surface area contributed by atoms with Gasteiger partial charge in [-0.2, -0.15) is 13.2 Å². The summed E-state index contributed by atoms with van der Waals surface area (Å²) in [6.07, 6.45) is 4.06. The quantitative estimate of drug-likeness (QED) is 0.142. The number of rotatable bonds is 5. The van der Waals surface area contributed by atoms with Crippen LogP contribution in [0, 0.1) is 49.4 Å². The molecule has 1 aliphatic carbocycles. The van der Waals surface area contributed by atoms with Gasteiger partial charge in [0.25, 0.3) is 0 Å². The summed E-state index contributed by atoms with van der Waals surface area (Å²) in [4.78, 5) is 0. The second-order valence-corrected chi connectivity index (χ2v) is 18.0. The first-order valence-corrected chi connectivity index (χ1v) is 19.8. The third kappa shape index (κ3) is 16.3. The molecule has 1 rings (SSSR count). The molecule has 3 nitrogen and oxygen atoms in total. The Balaban J connectivity index is -0.000000344. The molecule has 0 heterocycles. The molecule has 0 unspecified atom stereocenters. The van der Waals surface area contributed by atoms with Crippen LogP contribution < -0.4 is 0 Å². The monoisotopic (exact) mass is 688 g/mol. The molecule has 30 heavy (non-hydrogen) atoms. The number of hydrogen-bond acceptors (Lipinski definition) is 3. The fourth-order valence-corrected chi connectivity index (χ4v) is 3.34. The van der Waals surface area contributed by atoms with Gasteiger partial charge in [-0.1, -0.05) is 34.6 Å². The summed E-state index contributed by atoms with van der Waals surface area (Å²) in [5, 5.41) is 0. The number of hydrogen-bond donors (Lipinski definition) is 0. The number of alkyl halides is 3. The van der Waals surface area contributed by atoms with Crippen molar-refractivity contribution in [2.45, 2.75) is 54.0 Å². The molecule has 0 bridgehead atoms. The molecule has 0 aromatic carbocycles. The van der Waals surface area contributed by atoms with E-state index in [9.17, 15) is 13.2 Å². The molecule has 0 spiro atoms. The van der Waals surface area contributed by atoms with Gasteiger partial charge in [0.2, 0.25) is 0 Å². The maximum Gasteiger partial charge on any atom is 0.111 e. The van der Waals surface area contributed by atoms with Crippen LogP contribution in [0.1, 0.15) is 48.5 Å². The van der Waals surface area contributed by atoms with Crippen LogP contribution in [0.25, 0.3) is 0 Å². The van der Waals surface area contributed by atoms with Crippen molar-refractivity contribution < 1.29 is 39.3 Å². The van der Waals surface area contributed by atoms with Gasteiger partial charge in [-0.15, -0.1) is 0 Å². The van der Waals surface area contributed by atoms with Crippen LogP contribution in [0.3, 0.4) is 0 Å². The third-order valence-corrected chi connectivity index (χ3v) is 7.27. The molecule has 1 saturated carbocycles. The van der Waals surface area contributed by atoms with Crippen molar-refractivity contribution in [1.82, 2.24) is 0 Å². The second kappa shape index (κ2) is 19.0. The van der Waals surface area contributed by atoms with Crippen molar-refractivity contribution in [1.29, 1.82) is 0 Å². The van der Waals surface area contributed by atoms with Gasteiger partial charge in [0, 0.05) is 6.42 Å². The minimum Gasteiger partial charge on any atom is -0.0494 e. The zero-order valence-corrected chi connectivity index (χ0v) is 24.8. The van der Waals surface area contributed by atoms with Crippen molar-refractivity contribution in [2.24, 2.45) is 0 Å². The standard InChI is InChI=1S/C10H15.C8H16S.CHF3O3S.2BrH.Ru/c1-6-7(2)9(4)10(5)8(6)3;1-4-7-8-9(5-2)6-3;2-1(3,4)8(5,6)7;;;/h1-5H3;4,7H,1,5-6,8H2,2-3H3;(H,5,6,7);2*1H;/q;+1;;;;+4/p-3. The smallest absolute Gasteiger partial charge is 0.0494 e. The summed E-state index contributed by atoms with van der Waals surface area (Å²) in [7, 11) is -5.46. The molecule has 11 heteroatoms. The average molecular weight is 689 g/mol. The SMILES string of the molecule is C[C]1[C](C)[C](C)[C](C)[C]1C.O=S(=O)([O-])C(F)(F)F.[Br][Ru+2][Br].[CH2][CH][CH]C[S+](CC)CC. The van der Waals surface area contributed by atoms with Gasteiger partial charge in [-0.25, -0.2) is 8.42 Å². The Morgan fingerprint density at radius 1 is 0.967 bits per heavy atom. The maximum absolute atomic E-state index is 10.7. The van der Waals surface area contributed by atoms with E-state index in [0.717, 1.165) is 0 Å². The largest absolute Gasteiger partial charge is 0.111 e. The fraction of sp³-hybridized carbons (Fsp3) is 0.579. The number of unbranched alkanes of at least 4 members (excludes halogenated alkanes) is 1. The van der Waals surface area contributed by atoms with Crippen LogP contribution in [0.2, 0.25) is 0 Å². The predicted molar refractivity (Wildman–Crippen MR) is 125 cm³/mol. The van der Waals surface area contributed by atoms with Crippen molar-refractivity contribution in [3.63, 3.8) is 0 Å². The first-order chi connectivity index (χ1) is 13.6. The molecular weight excluding hydrogens is 658 g/mol. The van der Waals surface area contributed by atoms with E-state index in [1.807, 2.05) is 6.42 Å². The molecule has 0 atom stereocenters. The molecular formula is C19H31Br2F3O3RuS2+2. The molecule has 0 amide bonds. The topological polar surface area (TPSA) is 57.2 Å². The first kappa shape index (κ1) is 36.2. The van der Waals surface area contributed by atoms with E-state index in [1.165, 1.54) is 46.8 Å². The summed E-state index contributed by atoms with van der Waals surface area (Å²) >= 11 is 6.64. The van der Waals surface area contributed by atoms with Crippen molar-refractivity contribution in [2.75, 3.05) is 17.3 Å². The maximum atomic E-state index is 10.7. The normalized spacial score (nSPS) is 17.0. The second-order valence-electron chi connectivity index (χ2n) is 5.90. The average Bonchev–Trinajstić information content (AvgIpc) is 2.80. The van der Waals surface area contributed by atoms with E-state index in [0.29, 0.717) is 24.1 Å². The zero-order valence-electron chi connectivity index (χ0n) is 18.3. The van der Waals surface area contributed by atoms with E-state index in [4.69, 9.17) is 13.0 Å². The summed E-state index contributed by atoms with van der Waals surface area (Å²) in [6, 6.07) is 0. The van der Waals surface area contributed by atoms with Crippen LogP contribution in [0.15, 0.2) is 0 Å².